The first kappa shape index (κ1) is 18.7. The van der Waals surface area contributed by atoms with Crippen molar-refractivity contribution in [2.75, 3.05) is 6.26 Å². The van der Waals surface area contributed by atoms with E-state index < -0.39 is 6.23 Å². The van der Waals surface area contributed by atoms with E-state index in [0.717, 1.165) is 24.4 Å². The van der Waals surface area contributed by atoms with Crippen LogP contribution in [0.15, 0.2) is 4.99 Å². The molecular weight excluding hydrogens is 258 g/mol. The highest BCUT2D eigenvalue weighted by molar-refractivity contribution is 8.13. The van der Waals surface area contributed by atoms with Gasteiger partial charge >= 0.3 is 0 Å². The highest BCUT2D eigenvalue weighted by atomic mass is 32.2. The smallest absolute Gasteiger partial charge is 0.158 e. The van der Waals surface area contributed by atoms with Crippen LogP contribution in [-0.4, -0.2) is 35.0 Å². The van der Waals surface area contributed by atoms with Gasteiger partial charge in [0, 0.05) is 6.04 Å². The number of aliphatic hydroxyl groups is 1. The second-order valence-corrected chi connectivity index (χ2v) is 6.25. The molecule has 0 aromatic heterocycles. The van der Waals surface area contributed by atoms with Crippen LogP contribution in [0.2, 0.25) is 0 Å². The Morgan fingerprint density at radius 2 is 1.89 bits per heavy atom. The van der Waals surface area contributed by atoms with Gasteiger partial charge in [0.25, 0.3) is 0 Å². The molecule has 2 unspecified atom stereocenters. The van der Waals surface area contributed by atoms with Crippen molar-refractivity contribution in [3.8, 4) is 0 Å². The molecule has 0 bridgehead atoms. The summed E-state index contributed by atoms with van der Waals surface area (Å²) in [7, 11) is 0. The zero-order chi connectivity index (χ0) is 14.8. The average molecular weight is 289 g/mol. The Morgan fingerprint density at radius 1 is 1.26 bits per heavy atom. The first-order valence-corrected chi connectivity index (χ1v) is 8.45. The number of aliphatic imine (C=N–C) groups is 1. The standard InChI is InChI=1S/C14H31N3OS/c1-7-8-9-12(16-13(18)10(2)3)17-14(19-6)15-11(4)5/h10-13,16,18H,7-9H2,1-6H3,(H,15,17). The molecule has 0 fully saturated rings. The van der Waals surface area contributed by atoms with Crippen LogP contribution < -0.4 is 10.6 Å². The van der Waals surface area contributed by atoms with Gasteiger partial charge in [0.05, 0.1) is 0 Å². The van der Waals surface area contributed by atoms with Gasteiger partial charge in [0.1, 0.15) is 12.4 Å². The molecular formula is C14H31N3OS. The van der Waals surface area contributed by atoms with Crippen molar-refractivity contribution in [1.82, 2.24) is 10.6 Å². The monoisotopic (exact) mass is 289 g/mol. The number of unbranched alkanes of at least 4 members (excludes halogenated alkanes) is 1. The molecule has 0 aliphatic carbocycles. The molecule has 5 heteroatoms. The second kappa shape index (κ2) is 10.5. The van der Waals surface area contributed by atoms with Crippen LogP contribution in [-0.2, 0) is 0 Å². The first-order valence-electron chi connectivity index (χ1n) is 7.23. The lowest BCUT2D eigenvalue weighted by atomic mass is 10.1. The third kappa shape index (κ3) is 9.30. The lowest BCUT2D eigenvalue weighted by molar-refractivity contribution is 0.0770. The molecule has 0 spiro atoms. The zero-order valence-electron chi connectivity index (χ0n) is 13.2. The fraction of sp³-hybridized carbons (Fsp3) is 0.929. The normalized spacial score (nSPS) is 15.9. The summed E-state index contributed by atoms with van der Waals surface area (Å²) in [5.41, 5.74) is 0. The van der Waals surface area contributed by atoms with Crippen LogP contribution in [0.25, 0.3) is 0 Å². The van der Waals surface area contributed by atoms with Gasteiger partial charge in [-0.05, 0) is 32.4 Å². The summed E-state index contributed by atoms with van der Waals surface area (Å²) in [5.74, 6) is 0.190. The van der Waals surface area contributed by atoms with Crippen molar-refractivity contribution in [2.45, 2.75) is 72.3 Å². The van der Waals surface area contributed by atoms with Gasteiger partial charge in [-0.25, -0.2) is 4.99 Å². The number of aliphatic hydroxyl groups excluding tert-OH is 1. The molecule has 3 N–H and O–H groups in total. The van der Waals surface area contributed by atoms with Crippen LogP contribution in [0.5, 0.6) is 0 Å². The minimum Gasteiger partial charge on any atom is -0.378 e. The van der Waals surface area contributed by atoms with E-state index in [2.05, 4.69) is 31.4 Å². The molecule has 0 amide bonds. The number of thioether (sulfide) groups is 1. The van der Waals surface area contributed by atoms with Crippen LogP contribution in [0.3, 0.4) is 0 Å². The Kier molecular flexibility index (Phi) is 10.4. The number of amidine groups is 1. The minimum atomic E-state index is -0.507. The molecule has 0 aliphatic heterocycles. The maximum Gasteiger partial charge on any atom is 0.158 e. The molecule has 0 rings (SSSR count). The van der Waals surface area contributed by atoms with E-state index in [1.165, 1.54) is 0 Å². The van der Waals surface area contributed by atoms with E-state index in [1.807, 2.05) is 20.1 Å². The van der Waals surface area contributed by atoms with E-state index in [1.54, 1.807) is 11.8 Å². The predicted octanol–water partition coefficient (Wildman–Crippen LogP) is 2.78. The second-order valence-electron chi connectivity index (χ2n) is 5.45. The van der Waals surface area contributed by atoms with Crippen molar-refractivity contribution < 1.29 is 5.11 Å². The zero-order valence-corrected chi connectivity index (χ0v) is 14.0. The Balaban J connectivity index is 4.66. The van der Waals surface area contributed by atoms with E-state index in [0.29, 0.717) is 6.04 Å². The van der Waals surface area contributed by atoms with E-state index >= 15 is 0 Å². The van der Waals surface area contributed by atoms with Gasteiger partial charge in [-0.15, -0.1) is 0 Å². The van der Waals surface area contributed by atoms with Crippen LogP contribution in [0.1, 0.15) is 53.9 Å². The van der Waals surface area contributed by atoms with Crippen molar-refractivity contribution in [3.63, 3.8) is 0 Å². The number of hydrogen-bond donors (Lipinski definition) is 3. The maximum absolute atomic E-state index is 9.96. The molecule has 19 heavy (non-hydrogen) atoms. The molecule has 0 aromatic rings. The van der Waals surface area contributed by atoms with Gasteiger partial charge in [-0.2, -0.15) is 0 Å². The lowest BCUT2D eigenvalue weighted by Gasteiger charge is -2.23. The largest absolute Gasteiger partial charge is 0.378 e. The fourth-order valence-corrected chi connectivity index (χ4v) is 2.10. The van der Waals surface area contributed by atoms with Gasteiger partial charge in [-0.1, -0.05) is 45.4 Å². The Labute approximate surface area is 122 Å². The van der Waals surface area contributed by atoms with Gasteiger partial charge < -0.3 is 10.4 Å². The lowest BCUT2D eigenvalue weighted by Crippen LogP contribution is -2.42. The van der Waals surface area contributed by atoms with E-state index in [-0.39, 0.29) is 12.1 Å². The fourth-order valence-electron chi connectivity index (χ4n) is 1.51. The van der Waals surface area contributed by atoms with Gasteiger partial charge in [-0.3, -0.25) is 5.32 Å². The van der Waals surface area contributed by atoms with Crippen molar-refractivity contribution in [1.29, 1.82) is 0 Å². The topological polar surface area (TPSA) is 56.7 Å². The summed E-state index contributed by atoms with van der Waals surface area (Å²) >= 11 is 1.61. The Bertz CT molecular complexity index is 257. The summed E-state index contributed by atoms with van der Waals surface area (Å²) in [5, 5.41) is 17.4. The molecule has 2 atom stereocenters. The molecule has 0 aliphatic rings. The number of nitrogens with zero attached hydrogens (tertiary/aromatic N) is 1. The molecule has 0 saturated heterocycles. The quantitative estimate of drug-likeness (QED) is 0.365. The predicted molar refractivity (Wildman–Crippen MR) is 86.5 cm³/mol. The summed E-state index contributed by atoms with van der Waals surface area (Å²) in [6, 6.07) is 0.369. The van der Waals surface area contributed by atoms with Crippen molar-refractivity contribution in [2.24, 2.45) is 10.9 Å². The third-order valence-electron chi connectivity index (χ3n) is 2.70. The summed E-state index contributed by atoms with van der Waals surface area (Å²) in [4.78, 5) is 4.69. The number of rotatable bonds is 8. The summed E-state index contributed by atoms with van der Waals surface area (Å²) in [6.07, 6.45) is 4.68. The number of nitrogens with one attached hydrogen (secondary N) is 2. The first-order chi connectivity index (χ1) is 8.90. The summed E-state index contributed by atoms with van der Waals surface area (Å²) < 4.78 is 0. The average Bonchev–Trinajstić information content (AvgIpc) is 2.33. The van der Waals surface area contributed by atoms with Gasteiger partial charge in [0.2, 0.25) is 0 Å². The van der Waals surface area contributed by atoms with E-state index in [9.17, 15) is 5.11 Å². The maximum atomic E-state index is 9.96. The van der Waals surface area contributed by atoms with Crippen molar-refractivity contribution in [3.05, 3.63) is 0 Å². The van der Waals surface area contributed by atoms with E-state index in [4.69, 9.17) is 4.99 Å². The molecule has 0 radical (unpaired) electrons. The Morgan fingerprint density at radius 3 is 2.32 bits per heavy atom. The van der Waals surface area contributed by atoms with Crippen LogP contribution in [0, 0.1) is 5.92 Å². The third-order valence-corrected chi connectivity index (χ3v) is 3.31. The van der Waals surface area contributed by atoms with Crippen LogP contribution in [0.4, 0.5) is 0 Å². The molecule has 0 saturated carbocycles. The summed E-state index contributed by atoms with van der Waals surface area (Å²) in [6.45, 7) is 10.4. The van der Waals surface area contributed by atoms with Crippen molar-refractivity contribution >= 4 is 16.9 Å². The highest BCUT2D eigenvalue weighted by Gasteiger charge is 2.15. The minimum absolute atomic E-state index is 0.0222. The SMILES string of the molecule is CCCCC(N=C(NC(C)C)SC)NC(O)C(C)C. The Hall–Kier alpha value is -0.260. The number of hydrogen-bond acceptors (Lipinski definition) is 4. The molecule has 0 aromatic carbocycles. The van der Waals surface area contributed by atoms with Gasteiger partial charge in [0.15, 0.2) is 5.17 Å². The molecule has 4 nitrogen and oxygen atoms in total. The molecule has 114 valence electrons. The van der Waals surface area contributed by atoms with Crippen LogP contribution >= 0.6 is 11.8 Å². The highest BCUT2D eigenvalue weighted by Crippen LogP contribution is 2.09. The molecule has 0 heterocycles.